The van der Waals surface area contributed by atoms with Crippen LogP contribution in [0, 0.1) is 6.92 Å². The molecule has 6 rings (SSSR count). The number of aryl methyl sites for hydroxylation is 2. The van der Waals surface area contributed by atoms with Crippen molar-refractivity contribution in [3.63, 3.8) is 0 Å². The third-order valence-electron chi connectivity index (χ3n) is 7.08. The van der Waals surface area contributed by atoms with E-state index in [2.05, 4.69) is 36.0 Å². The summed E-state index contributed by atoms with van der Waals surface area (Å²) < 4.78 is 26.9. The second-order valence-corrected chi connectivity index (χ2v) is 13.8. The van der Waals surface area contributed by atoms with E-state index in [9.17, 15) is 4.57 Å². The van der Waals surface area contributed by atoms with Crippen LogP contribution in [0.1, 0.15) is 17.4 Å². The highest BCUT2D eigenvalue weighted by atomic mass is 31.2. The predicted molar refractivity (Wildman–Crippen MR) is 167 cm³/mol. The number of benzene rings is 1. The van der Waals surface area contributed by atoms with E-state index in [4.69, 9.17) is 19.4 Å². The van der Waals surface area contributed by atoms with Gasteiger partial charge < -0.3 is 30.0 Å². The molecule has 3 N–H and O–H groups in total. The van der Waals surface area contributed by atoms with Gasteiger partial charge in [0, 0.05) is 61.6 Å². The smallest absolute Gasteiger partial charge is 0.237 e. The molecule has 0 spiro atoms. The van der Waals surface area contributed by atoms with Crippen molar-refractivity contribution in [1.82, 2.24) is 40.0 Å². The van der Waals surface area contributed by atoms with E-state index < -0.39 is 7.14 Å². The number of fused-ring (bicyclic) bond motifs is 1. The number of morpholine rings is 1. The van der Waals surface area contributed by atoms with Crippen LogP contribution in [0.15, 0.2) is 49.2 Å². The van der Waals surface area contributed by atoms with E-state index >= 15 is 0 Å². The van der Waals surface area contributed by atoms with E-state index in [-0.39, 0.29) is 6.10 Å². The first-order valence-corrected chi connectivity index (χ1v) is 16.4. The number of ether oxygens (including phenoxy) is 2. The Bertz CT molecular complexity index is 1850. The Morgan fingerprint density at radius 3 is 2.65 bits per heavy atom. The van der Waals surface area contributed by atoms with Crippen molar-refractivity contribution in [1.29, 1.82) is 0 Å². The molecule has 222 valence electrons. The molecule has 1 aliphatic rings. The lowest BCUT2D eigenvalue weighted by Gasteiger charge is -2.26. The number of hydrogen-bond donors (Lipinski definition) is 3. The average Bonchev–Trinajstić information content (AvgIpc) is 3.44. The van der Waals surface area contributed by atoms with Crippen LogP contribution < -0.4 is 26.0 Å². The Hall–Kier alpha value is -4.45. The maximum Gasteiger partial charge on any atom is 0.237 e. The first kappa shape index (κ1) is 28.7. The topological polar surface area (TPSA) is 154 Å². The van der Waals surface area contributed by atoms with Crippen molar-refractivity contribution in [3.8, 4) is 17.0 Å². The molecular weight excluding hydrogens is 567 g/mol. The molecule has 0 aliphatic carbocycles. The van der Waals surface area contributed by atoms with Crippen molar-refractivity contribution in [2.24, 2.45) is 7.05 Å². The number of pyridine rings is 1. The van der Waals surface area contributed by atoms with Crippen molar-refractivity contribution in [2.75, 3.05) is 50.8 Å². The largest absolute Gasteiger partial charge is 0.480 e. The lowest BCUT2D eigenvalue weighted by atomic mass is 10.0. The third-order valence-corrected chi connectivity index (χ3v) is 8.61. The van der Waals surface area contributed by atoms with Gasteiger partial charge in [-0.15, -0.1) is 0 Å². The van der Waals surface area contributed by atoms with Gasteiger partial charge in [0.25, 0.3) is 0 Å². The highest BCUT2D eigenvalue weighted by Gasteiger charge is 2.26. The zero-order valence-electron chi connectivity index (χ0n) is 24.6. The summed E-state index contributed by atoms with van der Waals surface area (Å²) in [5, 5.41) is 15.0. The maximum atomic E-state index is 13.4. The number of nitrogens with one attached hydrogen (secondary N) is 3. The van der Waals surface area contributed by atoms with Gasteiger partial charge in [-0.1, -0.05) is 0 Å². The molecule has 0 amide bonds. The summed E-state index contributed by atoms with van der Waals surface area (Å²) in [5.41, 5.74) is 5.82. The van der Waals surface area contributed by atoms with Crippen molar-refractivity contribution >= 4 is 46.6 Å². The monoisotopic (exact) mass is 600 g/mol. The Labute approximate surface area is 248 Å². The molecule has 5 heterocycles. The Balaban J connectivity index is 1.38. The molecule has 4 aromatic heterocycles. The summed E-state index contributed by atoms with van der Waals surface area (Å²) in [7, 11) is 0.692. The fourth-order valence-corrected chi connectivity index (χ4v) is 6.47. The maximum absolute atomic E-state index is 13.4. The van der Waals surface area contributed by atoms with Gasteiger partial charge in [-0.05, 0) is 38.5 Å². The molecule has 14 heteroatoms. The van der Waals surface area contributed by atoms with Gasteiger partial charge in [0.05, 0.1) is 42.1 Å². The van der Waals surface area contributed by atoms with Crippen LogP contribution in [0.25, 0.3) is 22.2 Å². The molecule has 0 radical (unpaired) electrons. The highest BCUT2D eigenvalue weighted by molar-refractivity contribution is 7.71. The van der Waals surface area contributed by atoms with Crippen molar-refractivity contribution in [3.05, 3.63) is 60.4 Å². The highest BCUT2D eigenvalue weighted by Crippen LogP contribution is 2.41. The van der Waals surface area contributed by atoms with Crippen LogP contribution in [-0.2, 0) is 16.3 Å². The number of anilines is 4. The Kier molecular flexibility index (Phi) is 7.78. The number of nitrogens with zero attached hydrogens (tertiary/aromatic N) is 7. The average molecular weight is 601 g/mol. The lowest BCUT2D eigenvalue weighted by Crippen LogP contribution is -2.34. The zero-order valence-corrected chi connectivity index (χ0v) is 25.5. The molecule has 0 bridgehead atoms. The predicted octanol–water partition coefficient (Wildman–Crippen LogP) is 3.93. The van der Waals surface area contributed by atoms with Gasteiger partial charge in [0.15, 0.2) is 0 Å². The number of aromatic nitrogens is 7. The summed E-state index contributed by atoms with van der Waals surface area (Å²) >= 11 is 0. The third kappa shape index (κ3) is 5.92. The van der Waals surface area contributed by atoms with Crippen LogP contribution in [-0.4, -0.2) is 74.8 Å². The molecule has 1 saturated heterocycles. The van der Waals surface area contributed by atoms with Crippen molar-refractivity contribution < 1.29 is 14.0 Å². The zero-order chi connectivity index (χ0) is 30.1. The molecule has 1 atom stereocenters. The summed E-state index contributed by atoms with van der Waals surface area (Å²) in [6.45, 7) is 7.36. The molecule has 43 heavy (non-hydrogen) atoms. The van der Waals surface area contributed by atoms with Gasteiger partial charge in [-0.25, -0.2) is 9.97 Å². The van der Waals surface area contributed by atoms with Crippen LogP contribution in [0.4, 0.5) is 23.1 Å². The van der Waals surface area contributed by atoms with Gasteiger partial charge in [-0.3, -0.25) is 14.6 Å². The second-order valence-electron chi connectivity index (χ2n) is 10.7. The Morgan fingerprint density at radius 2 is 1.93 bits per heavy atom. The van der Waals surface area contributed by atoms with Crippen LogP contribution >= 0.6 is 7.14 Å². The molecule has 5 aromatic rings. The molecule has 1 unspecified atom stereocenters. The molecule has 13 nitrogen and oxygen atoms in total. The van der Waals surface area contributed by atoms with Gasteiger partial charge >= 0.3 is 0 Å². The van der Waals surface area contributed by atoms with Crippen molar-refractivity contribution in [2.45, 2.75) is 13.0 Å². The molecule has 1 aromatic carbocycles. The summed E-state index contributed by atoms with van der Waals surface area (Å²) in [5.74, 6) is 1.25. The Morgan fingerprint density at radius 1 is 1.09 bits per heavy atom. The van der Waals surface area contributed by atoms with Crippen LogP contribution in [0.2, 0.25) is 0 Å². The first-order chi connectivity index (χ1) is 20.7. The number of hydrogen-bond acceptors (Lipinski definition) is 12. The lowest BCUT2D eigenvalue weighted by molar-refractivity contribution is 0.0251. The van der Waals surface area contributed by atoms with E-state index in [1.165, 1.54) is 0 Å². The minimum Gasteiger partial charge on any atom is -0.480 e. The minimum absolute atomic E-state index is 0.243. The normalized spacial score (nSPS) is 15.4. The fourth-order valence-electron chi connectivity index (χ4n) is 5.08. The quantitative estimate of drug-likeness (QED) is 0.221. The molecule has 1 fully saturated rings. The summed E-state index contributed by atoms with van der Waals surface area (Å²) in [6.07, 6.45) is 8.43. The first-order valence-electron chi connectivity index (χ1n) is 13.8. The van der Waals surface area contributed by atoms with Crippen LogP contribution in [0.3, 0.4) is 0 Å². The minimum atomic E-state index is -2.75. The van der Waals surface area contributed by atoms with E-state index in [1.807, 2.05) is 38.4 Å². The summed E-state index contributed by atoms with van der Waals surface area (Å²) in [4.78, 5) is 23.0. The standard InChI is InChI=1S/C29H33N10O3P/c1-17-13-33-29(38-27(17)35-21-7-6-20-25(32-9-8-31-20)26(21)43(4,5)40)36-22-12-19(18-14-34-39(2)16-18)24(37-28(22)41-3)23-15-30-10-11-42-23/h6-9,12-14,16,23,30H,10-11,15H2,1-5H3,(H2,33,35,36,38). The molecule has 0 saturated carbocycles. The number of rotatable bonds is 8. The van der Waals surface area contributed by atoms with Gasteiger partial charge in [-0.2, -0.15) is 10.1 Å². The second kappa shape index (κ2) is 11.7. The SMILES string of the molecule is COc1nc(C2CNCCO2)c(-c2cnn(C)c2)cc1Nc1ncc(C)c(Nc2ccc3nccnc3c2P(C)(C)=O)n1. The van der Waals surface area contributed by atoms with Crippen LogP contribution in [0.5, 0.6) is 5.88 Å². The fraction of sp³-hybridized carbons (Fsp3) is 0.310. The number of methoxy groups -OCH3 is 1. The van der Waals surface area contributed by atoms with E-state index in [1.54, 1.807) is 49.9 Å². The van der Waals surface area contributed by atoms with Gasteiger partial charge in [0.1, 0.15) is 30.3 Å². The molecular formula is C29H33N10O3P. The summed E-state index contributed by atoms with van der Waals surface area (Å²) in [6, 6.07) is 5.66. The van der Waals surface area contributed by atoms with Gasteiger partial charge in [0.2, 0.25) is 11.8 Å². The van der Waals surface area contributed by atoms with E-state index in [0.29, 0.717) is 58.5 Å². The van der Waals surface area contributed by atoms with E-state index in [0.717, 1.165) is 28.9 Å². The molecule has 1 aliphatic heterocycles.